The molecule has 0 spiro atoms. The lowest BCUT2D eigenvalue weighted by atomic mass is 10.1. The molecule has 0 radical (unpaired) electrons. The number of aromatic amines is 1. The molecule has 156 valence electrons. The van der Waals surface area contributed by atoms with Crippen LogP contribution in [0.25, 0.3) is 11.3 Å². The summed E-state index contributed by atoms with van der Waals surface area (Å²) in [5, 5.41) is 10.4. The Morgan fingerprint density at radius 1 is 1.17 bits per heavy atom. The summed E-state index contributed by atoms with van der Waals surface area (Å²) < 4.78 is 23.6. The maximum atomic E-state index is 13.1. The molecule has 7 nitrogen and oxygen atoms in total. The molecular weight excluding hydrogens is 387 g/mol. The molecule has 0 bridgehead atoms. The highest BCUT2D eigenvalue weighted by atomic mass is 19.1. The van der Waals surface area contributed by atoms with E-state index in [1.807, 2.05) is 6.07 Å². The van der Waals surface area contributed by atoms with Crippen molar-refractivity contribution in [2.45, 2.75) is 12.5 Å². The number of rotatable bonds is 6. The fourth-order valence-electron chi connectivity index (χ4n) is 3.59. The van der Waals surface area contributed by atoms with E-state index in [0.717, 1.165) is 30.0 Å². The van der Waals surface area contributed by atoms with Crippen LogP contribution in [0.5, 0.6) is 11.5 Å². The first-order chi connectivity index (χ1) is 14.6. The van der Waals surface area contributed by atoms with Gasteiger partial charge in [-0.3, -0.25) is 9.89 Å². The van der Waals surface area contributed by atoms with E-state index in [2.05, 4.69) is 20.4 Å². The highest BCUT2D eigenvalue weighted by Gasteiger charge is 2.27. The van der Waals surface area contributed by atoms with Crippen molar-refractivity contribution in [3.05, 3.63) is 59.9 Å². The third-order valence-corrected chi connectivity index (χ3v) is 5.22. The lowest BCUT2D eigenvalue weighted by molar-refractivity contribution is 0.0937. The van der Waals surface area contributed by atoms with E-state index < -0.39 is 0 Å². The molecule has 1 saturated heterocycles. The Balaban J connectivity index is 1.40. The van der Waals surface area contributed by atoms with Gasteiger partial charge in [-0.15, -0.1) is 0 Å². The van der Waals surface area contributed by atoms with Crippen LogP contribution < -0.4 is 19.7 Å². The van der Waals surface area contributed by atoms with Gasteiger partial charge in [0.15, 0.2) is 5.82 Å². The number of carbonyl (C=O) groups is 1. The van der Waals surface area contributed by atoms with Gasteiger partial charge >= 0.3 is 0 Å². The monoisotopic (exact) mass is 410 g/mol. The summed E-state index contributed by atoms with van der Waals surface area (Å²) in [5.41, 5.74) is 2.15. The normalized spacial score (nSPS) is 15.8. The number of amides is 1. The van der Waals surface area contributed by atoms with Gasteiger partial charge in [0.2, 0.25) is 0 Å². The minimum absolute atomic E-state index is 0.00437. The molecule has 1 amide bonds. The van der Waals surface area contributed by atoms with Gasteiger partial charge in [0.05, 0.1) is 25.5 Å². The Morgan fingerprint density at radius 2 is 1.97 bits per heavy atom. The zero-order chi connectivity index (χ0) is 21.1. The summed E-state index contributed by atoms with van der Waals surface area (Å²) in [5.74, 6) is 1.44. The molecule has 0 aliphatic carbocycles. The molecule has 2 aromatic carbocycles. The molecule has 8 heteroatoms. The summed E-state index contributed by atoms with van der Waals surface area (Å²) in [7, 11) is 3.09. The molecule has 2 heterocycles. The molecule has 1 fully saturated rings. The number of hydrogen-bond acceptors (Lipinski definition) is 5. The molecule has 2 N–H and O–H groups in total. The van der Waals surface area contributed by atoms with Gasteiger partial charge in [-0.1, -0.05) is 0 Å². The summed E-state index contributed by atoms with van der Waals surface area (Å²) >= 11 is 0. The van der Waals surface area contributed by atoms with Crippen molar-refractivity contribution in [1.82, 2.24) is 15.5 Å². The number of H-pyrrole nitrogens is 1. The molecule has 4 rings (SSSR count). The maximum absolute atomic E-state index is 13.1. The Hall–Kier alpha value is -3.55. The van der Waals surface area contributed by atoms with Crippen molar-refractivity contribution in [1.29, 1.82) is 0 Å². The van der Waals surface area contributed by atoms with Crippen LogP contribution in [0.2, 0.25) is 0 Å². The second-order valence-corrected chi connectivity index (χ2v) is 7.12. The first kappa shape index (κ1) is 19.8. The van der Waals surface area contributed by atoms with Gasteiger partial charge < -0.3 is 19.7 Å². The summed E-state index contributed by atoms with van der Waals surface area (Å²) in [6, 6.07) is 13.3. The van der Waals surface area contributed by atoms with Crippen LogP contribution in [0.15, 0.2) is 48.5 Å². The number of methoxy groups -OCH3 is 2. The Bertz CT molecular complexity index is 1040. The number of nitrogens with one attached hydrogen (secondary N) is 2. The number of ether oxygens (including phenoxy) is 2. The number of anilines is 1. The minimum Gasteiger partial charge on any atom is -0.497 e. The van der Waals surface area contributed by atoms with E-state index in [9.17, 15) is 9.18 Å². The smallest absolute Gasteiger partial charge is 0.255 e. The molecule has 3 aromatic rings. The highest BCUT2D eigenvalue weighted by Crippen LogP contribution is 2.27. The van der Waals surface area contributed by atoms with Crippen molar-refractivity contribution >= 4 is 11.7 Å². The van der Waals surface area contributed by atoms with E-state index in [4.69, 9.17) is 9.47 Å². The Labute approximate surface area is 173 Å². The first-order valence-electron chi connectivity index (χ1n) is 9.66. The van der Waals surface area contributed by atoms with Gasteiger partial charge in [-0.05, 0) is 48.4 Å². The molecule has 30 heavy (non-hydrogen) atoms. The van der Waals surface area contributed by atoms with E-state index in [1.165, 1.54) is 19.2 Å². The van der Waals surface area contributed by atoms with Gasteiger partial charge in [-0.25, -0.2) is 4.39 Å². The average molecular weight is 410 g/mol. The minimum atomic E-state index is -0.273. The van der Waals surface area contributed by atoms with Gasteiger partial charge in [0, 0.05) is 31.3 Å². The Kier molecular flexibility index (Phi) is 5.56. The van der Waals surface area contributed by atoms with Crippen LogP contribution in [0, 0.1) is 5.82 Å². The quantitative estimate of drug-likeness (QED) is 0.652. The molecule has 1 aliphatic rings. The lowest BCUT2D eigenvalue weighted by Crippen LogP contribution is -2.37. The average Bonchev–Trinajstić information content (AvgIpc) is 3.43. The van der Waals surface area contributed by atoms with Gasteiger partial charge in [0.1, 0.15) is 17.3 Å². The van der Waals surface area contributed by atoms with E-state index in [1.54, 1.807) is 37.4 Å². The molecule has 0 saturated carbocycles. The van der Waals surface area contributed by atoms with Crippen molar-refractivity contribution < 1.29 is 18.7 Å². The topological polar surface area (TPSA) is 79.5 Å². The van der Waals surface area contributed by atoms with Crippen molar-refractivity contribution in [2.75, 3.05) is 32.2 Å². The van der Waals surface area contributed by atoms with Gasteiger partial charge in [0.25, 0.3) is 5.91 Å². The Morgan fingerprint density at radius 3 is 2.70 bits per heavy atom. The molecule has 1 aromatic heterocycles. The van der Waals surface area contributed by atoms with Gasteiger partial charge in [-0.2, -0.15) is 5.10 Å². The highest BCUT2D eigenvalue weighted by molar-refractivity contribution is 5.97. The fraction of sp³-hybridized carbons (Fsp3) is 0.273. The molecule has 1 aliphatic heterocycles. The van der Waals surface area contributed by atoms with Crippen molar-refractivity contribution in [3.8, 4) is 22.8 Å². The van der Waals surface area contributed by atoms with Crippen LogP contribution >= 0.6 is 0 Å². The van der Waals surface area contributed by atoms with Crippen LogP contribution in [-0.2, 0) is 0 Å². The van der Waals surface area contributed by atoms with Crippen molar-refractivity contribution in [2.24, 2.45) is 0 Å². The van der Waals surface area contributed by atoms with Crippen LogP contribution in [0.1, 0.15) is 16.8 Å². The first-order valence-corrected chi connectivity index (χ1v) is 9.66. The number of carbonyl (C=O) groups excluding carboxylic acids is 1. The summed E-state index contributed by atoms with van der Waals surface area (Å²) in [6.07, 6.45) is 0.808. The standard InChI is InChI=1S/C22H23FN4O3/c1-29-17-7-8-18(20(11-17)30-2)22(28)24-16-9-10-27(13-16)21-12-19(25-26-21)14-3-5-15(23)6-4-14/h3-8,11-12,16H,9-10,13H2,1-2H3,(H,24,28)(H,25,26)/t16-/m1/s1. The molecule has 1 atom stereocenters. The van der Waals surface area contributed by atoms with Crippen molar-refractivity contribution in [3.63, 3.8) is 0 Å². The molecular formula is C22H23FN4O3. The van der Waals surface area contributed by atoms with Crippen LogP contribution in [0.3, 0.4) is 0 Å². The van der Waals surface area contributed by atoms with E-state index in [-0.39, 0.29) is 17.8 Å². The number of halogens is 1. The summed E-state index contributed by atoms with van der Waals surface area (Å²) in [6.45, 7) is 1.43. The fourth-order valence-corrected chi connectivity index (χ4v) is 3.59. The van der Waals surface area contributed by atoms with Crippen LogP contribution in [-0.4, -0.2) is 49.5 Å². The maximum Gasteiger partial charge on any atom is 0.255 e. The lowest BCUT2D eigenvalue weighted by Gasteiger charge is -2.17. The largest absolute Gasteiger partial charge is 0.497 e. The number of hydrogen-bond donors (Lipinski definition) is 2. The number of aromatic nitrogens is 2. The molecule has 0 unspecified atom stereocenters. The predicted molar refractivity (Wildman–Crippen MR) is 112 cm³/mol. The number of nitrogens with zero attached hydrogens (tertiary/aromatic N) is 2. The number of benzene rings is 2. The zero-order valence-corrected chi connectivity index (χ0v) is 16.8. The summed E-state index contributed by atoms with van der Waals surface area (Å²) in [4.78, 5) is 14.8. The third kappa shape index (κ3) is 4.07. The van der Waals surface area contributed by atoms with Crippen LogP contribution in [0.4, 0.5) is 10.2 Å². The van der Waals surface area contributed by atoms with E-state index >= 15 is 0 Å². The second kappa shape index (κ2) is 8.44. The zero-order valence-electron chi connectivity index (χ0n) is 16.8. The second-order valence-electron chi connectivity index (χ2n) is 7.12. The third-order valence-electron chi connectivity index (χ3n) is 5.22. The van der Waals surface area contributed by atoms with E-state index in [0.29, 0.717) is 23.6 Å². The SMILES string of the molecule is COc1ccc(C(=O)N[C@@H]2CCN(c3cc(-c4ccc(F)cc4)[nH]n3)C2)c(OC)c1. The predicted octanol–water partition coefficient (Wildman–Crippen LogP) is 3.24.